The highest BCUT2D eigenvalue weighted by Crippen LogP contribution is 2.55. The van der Waals surface area contributed by atoms with Gasteiger partial charge in [0.15, 0.2) is 0 Å². The molecule has 33 heavy (non-hydrogen) atoms. The van der Waals surface area contributed by atoms with Crippen molar-refractivity contribution in [2.75, 3.05) is 6.54 Å². The molecule has 6 rings (SSSR count). The molecule has 0 aromatic heterocycles. The van der Waals surface area contributed by atoms with Crippen molar-refractivity contribution < 1.29 is 19.4 Å². The van der Waals surface area contributed by atoms with Crippen molar-refractivity contribution in [1.82, 2.24) is 10.6 Å². The first kappa shape index (κ1) is 21.8. The fourth-order valence-electron chi connectivity index (χ4n) is 6.67. The number of carbonyl (C=O) groups is 2. The Balaban J connectivity index is 1.18. The Kier molecular flexibility index (Phi) is 6.00. The van der Waals surface area contributed by atoms with Crippen molar-refractivity contribution in [2.24, 2.45) is 17.8 Å². The zero-order valence-corrected chi connectivity index (χ0v) is 18.8. The number of amides is 2. The topological polar surface area (TPSA) is 87.7 Å². The van der Waals surface area contributed by atoms with E-state index in [0.717, 1.165) is 42.6 Å². The minimum absolute atomic E-state index is 0.0000511. The molecule has 1 atom stereocenters. The van der Waals surface area contributed by atoms with E-state index in [0.29, 0.717) is 18.7 Å². The Morgan fingerprint density at radius 3 is 2.12 bits per heavy atom. The van der Waals surface area contributed by atoms with Crippen LogP contribution < -0.4 is 15.4 Å². The maximum atomic E-state index is 12.8. The van der Waals surface area contributed by atoms with Gasteiger partial charge >= 0.3 is 12.0 Å². The number of carboxylic acids is 1. The van der Waals surface area contributed by atoms with Crippen LogP contribution in [0.15, 0.2) is 54.6 Å². The van der Waals surface area contributed by atoms with Gasteiger partial charge in [0.1, 0.15) is 11.9 Å². The van der Waals surface area contributed by atoms with Gasteiger partial charge in [-0.3, -0.25) is 0 Å². The molecule has 174 valence electrons. The van der Waals surface area contributed by atoms with Gasteiger partial charge in [-0.2, -0.15) is 0 Å². The number of carboxylic acid groups (broad SMARTS) is 1. The van der Waals surface area contributed by atoms with Crippen molar-refractivity contribution >= 4 is 12.0 Å². The van der Waals surface area contributed by atoms with Crippen LogP contribution in [0.5, 0.6) is 5.75 Å². The molecule has 0 radical (unpaired) electrons. The van der Waals surface area contributed by atoms with E-state index in [-0.39, 0.29) is 23.2 Å². The number of carbonyl (C=O) groups excluding carboxylic acids is 1. The lowest BCUT2D eigenvalue weighted by molar-refractivity contribution is -0.0135. The highest BCUT2D eigenvalue weighted by Gasteiger charge is 2.51. The van der Waals surface area contributed by atoms with Crippen LogP contribution in [-0.2, 0) is 0 Å². The number of aromatic carboxylic acids is 1. The summed E-state index contributed by atoms with van der Waals surface area (Å²) in [6.07, 6.45) is 7.82. The summed E-state index contributed by atoms with van der Waals surface area (Å²) in [5.74, 6) is 2.02. The molecule has 6 nitrogen and oxygen atoms in total. The minimum Gasteiger partial charge on any atom is -0.486 e. The van der Waals surface area contributed by atoms with Gasteiger partial charge in [0.25, 0.3) is 0 Å². The summed E-state index contributed by atoms with van der Waals surface area (Å²) < 4.78 is 6.19. The molecule has 4 aliphatic carbocycles. The monoisotopic (exact) mass is 448 g/mol. The third-order valence-electron chi connectivity index (χ3n) is 7.66. The van der Waals surface area contributed by atoms with Crippen LogP contribution in [-0.4, -0.2) is 29.2 Å². The second-order valence-corrected chi connectivity index (χ2v) is 10.2. The maximum Gasteiger partial charge on any atom is 0.335 e. The van der Waals surface area contributed by atoms with Crippen LogP contribution in [0.4, 0.5) is 4.79 Å². The molecule has 3 N–H and O–H groups in total. The molecule has 4 saturated carbocycles. The molecule has 6 heteroatoms. The van der Waals surface area contributed by atoms with E-state index in [9.17, 15) is 9.59 Å². The summed E-state index contributed by atoms with van der Waals surface area (Å²) in [6, 6.07) is 16.2. The lowest BCUT2D eigenvalue weighted by atomic mass is 9.53. The molecule has 4 bridgehead atoms. The highest BCUT2D eigenvalue weighted by atomic mass is 16.5. The Morgan fingerprint density at radius 2 is 1.55 bits per heavy atom. The van der Waals surface area contributed by atoms with Gasteiger partial charge in [-0.25, -0.2) is 9.59 Å². The minimum atomic E-state index is -0.963. The van der Waals surface area contributed by atoms with Crippen molar-refractivity contribution in [3.8, 4) is 5.75 Å². The van der Waals surface area contributed by atoms with Crippen LogP contribution in [0, 0.1) is 17.8 Å². The molecular weight excluding hydrogens is 416 g/mol. The fraction of sp³-hybridized carbons (Fsp3) is 0.481. The molecule has 0 saturated heterocycles. The number of urea groups is 1. The van der Waals surface area contributed by atoms with Crippen molar-refractivity contribution in [3.05, 3.63) is 65.7 Å². The summed E-state index contributed by atoms with van der Waals surface area (Å²) in [4.78, 5) is 23.9. The van der Waals surface area contributed by atoms with Crippen LogP contribution >= 0.6 is 0 Å². The Morgan fingerprint density at radius 1 is 0.939 bits per heavy atom. The molecule has 4 aliphatic rings. The smallest absolute Gasteiger partial charge is 0.335 e. The molecule has 0 aliphatic heterocycles. The van der Waals surface area contributed by atoms with E-state index in [4.69, 9.17) is 9.84 Å². The summed E-state index contributed by atoms with van der Waals surface area (Å²) in [6.45, 7) is 0.491. The Labute approximate surface area is 194 Å². The summed E-state index contributed by atoms with van der Waals surface area (Å²) >= 11 is 0. The summed E-state index contributed by atoms with van der Waals surface area (Å²) in [7, 11) is 0. The number of ether oxygens (including phenoxy) is 1. The molecule has 0 unspecified atom stereocenters. The van der Waals surface area contributed by atoms with Crippen LogP contribution in [0.25, 0.3) is 0 Å². The van der Waals surface area contributed by atoms with Crippen molar-refractivity contribution in [3.63, 3.8) is 0 Å². The van der Waals surface area contributed by atoms with Gasteiger partial charge < -0.3 is 20.5 Å². The second-order valence-electron chi connectivity index (χ2n) is 10.2. The van der Waals surface area contributed by atoms with Gasteiger partial charge in [-0.15, -0.1) is 0 Å². The number of rotatable bonds is 8. The molecular formula is C27H32N2O4. The van der Waals surface area contributed by atoms with Crippen molar-refractivity contribution in [2.45, 2.75) is 56.6 Å². The second kappa shape index (κ2) is 9.08. The normalized spacial score (nSPS) is 28.2. The zero-order chi connectivity index (χ0) is 22.8. The summed E-state index contributed by atoms with van der Waals surface area (Å²) in [5, 5.41) is 15.5. The lowest BCUT2D eigenvalue weighted by Crippen LogP contribution is -2.61. The Bertz CT molecular complexity index is 954. The predicted octanol–water partition coefficient (Wildman–Crippen LogP) is 5.16. The maximum absolute atomic E-state index is 12.8. The largest absolute Gasteiger partial charge is 0.486 e. The predicted molar refractivity (Wildman–Crippen MR) is 125 cm³/mol. The molecule has 2 aromatic rings. The van der Waals surface area contributed by atoms with Gasteiger partial charge in [0.2, 0.25) is 0 Å². The first-order valence-corrected chi connectivity index (χ1v) is 12.1. The van der Waals surface area contributed by atoms with Crippen LogP contribution in [0.2, 0.25) is 0 Å². The Hall–Kier alpha value is -3.02. The lowest BCUT2D eigenvalue weighted by Gasteiger charge is -2.56. The molecule has 4 fully saturated rings. The van der Waals surface area contributed by atoms with E-state index < -0.39 is 5.97 Å². The summed E-state index contributed by atoms with van der Waals surface area (Å²) in [5.41, 5.74) is 1.24. The molecule has 0 spiro atoms. The number of hydrogen-bond acceptors (Lipinski definition) is 3. The SMILES string of the molecule is O=C(NCC[C@H](Oc1ccc(C(=O)O)cc1)c1ccccc1)NC12CC3CC(CC(C3)C1)C2. The quantitative estimate of drug-likeness (QED) is 0.520. The standard InChI is InChI=1S/C27H32N2O4/c30-25(31)22-6-8-23(9-7-22)33-24(21-4-2-1-3-5-21)10-11-28-26(32)29-27-15-18-12-19(16-27)14-20(13-18)17-27/h1-9,18-20,24H,10-17H2,(H,30,31)(H2,28,29,32)/t18?,19?,20?,24-,27?/m0/s1. The number of benzene rings is 2. The van der Waals surface area contributed by atoms with Gasteiger partial charge in [0.05, 0.1) is 5.56 Å². The van der Waals surface area contributed by atoms with E-state index in [1.54, 1.807) is 12.1 Å². The van der Waals surface area contributed by atoms with Gasteiger partial charge in [-0.1, -0.05) is 30.3 Å². The van der Waals surface area contributed by atoms with Crippen LogP contribution in [0.1, 0.15) is 67.0 Å². The first-order chi connectivity index (χ1) is 16.0. The highest BCUT2D eigenvalue weighted by molar-refractivity contribution is 5.87. The van der Waals surface area contributed by atoms with Gasteiger partial charge in [-0.05, 0) is 86.1 Å². The first-order valence-electron chi connectivity index (χ1n) is 12.1. The van der Waals surface area contributed by atoms with E-state index in [1.807, 2.05) is 30.3 Å². The third-order valence-corrected chi connectivity index (χ3v) is 7.66. The van der Waals surface area contributed by atoms with E-state index in [2.05, 4.69) is 10.6 Å². The van der Waals surface area contributed by atoms with Crippen LogP contribution in [0.3, 0.4) is 0 Å². The number of hydrogen-bond donors (Lipinski definition) is 3. The average molecular weight is 449 g/mol. The molecule has 0 heterocycles. The molecule has 2 amide bonds. The third kappa shape index (κ3) is 5.00. The molecule has 2 aromatic carbocycles. The van der Waals surface area contributed by atoms with E-state index >= 15 is 0 Å². The average Bonchev–Trinajstić information content (AvgIpc) is 2.78. The fourth-order valence-corrected chi connectivity index (χ4v) is 6.67. The zero-order valence-electron chi connectivity index (χ0n) is 18.8. The van der Waals surface area contributed by atoms with Gasteiger partial charge in [0, 0.05) is 18.5 Å². The van der Waals surface area contributed by atoms with Crippen molar-refractivity contribution in [1.29, 1.82) is 0 Å². The van der Waals surface area contributed by atoms with E-state index in [1.165, 1.54) is 31.4 Å². The number of nitrogens with one attached hydrogen (secondary N) is 2.